The van der Waals surface area contributed by atoms with Crippen LogP contribution in [0.2, 0.25) is 0 Å². The van der Waals surface area contributed by atoms with Gasteiger partial charge in [-0.3, -0.25) is 0 Å². The van der Waals surface area contributed by atoms with Crippen LogP contribution in [-0.4, -0.2) is 30.0 Å². The lowest BCUT2D eigenvalue weighted by molar-refractivity contribution is -0.148. The van der Waals surface area contributed by atoms with Gasteiger partial charge < -0.3 is 20.6 Å². The summed E-state index contributed by atoms with van der Waals surface area (Å²) in [6, 6.07) is 9.62. The first-order valence-electron chi connectivity index (χ1n) is 9.27. The van der Waals surface area contributed by atoms with Crippen molar-refractivity contribution in [3.63, 3.8) is 0 Å². The minimum atomic E-state index is -0.524. The molecule has 7 nitrogen and oxygen atoms in total. The monoisotopic (exact) mass is 375 g/mol. The molecule has 0 bridgehead atoms. The molecule has 0 unspecified atom stereocenters. The molecule has 1 aromatic rings. The normalized spacial score (nSPS) is 20.2. The van der Waals surface area contributed by atoms with E-state index in [-0.39, 0.29) is 23.6 Å². The van der Waals surface area contributed by atoms with Crippen molar-refractivity contribution in [1.29, 1.82) is 0 Å². The lowest BCUT2D eigenvalue weighted by atomic mass is 10.1. The molecule has 1 fully saturated rings. The number of carbonyl (C=O) groups is 2. The second kappa shape index (κ2) is 9.39. The van der Waals surface area contributed by atoms with Gasteiger partial charge in [0, 0.05) is 13.0 Å². The number of nitrogens with two attached hydrogens (primary N) is 1. The molecule has 0 aromatic heterocycles. The molecule has 1 aromatic carbocycles. The van der Waals surface area contributed by atoms with Gasteiger partial charge in [0.15, 0.2) is 0 Å². The Balaban J connectivity index is 1.72. The van der Waals surface area contributed by atoms with Gasteiger partial charge in [-0.05, 0) is 51.5 Å². The summed E-state index contributed by atoms with van der Waals surface area (Å²) in [5.74, 6) is -0.106. The molecule has 3 N–H and O–H groups in total. The summed E-state index contributed by atoms with van der Waals surface area (Å²) in [5, 5.41) is 6.52. The highest BCUT2D eigenvalue weighted by Gasteiger charge is 2.32. The summed E-state index contributed by atoms with van der Waals surface area (Å²) in [4.78, 5) is 28.9. The van der Waals surface area contributed by atoms with E-state index < -0.39 is 11.7 Å². The van der Waals surface area contributed by atoms with E-state index in [0.29, 0.717) is 25.8 Å². The Morgan fingerprint density at radius 1 is 1.22 bits per heavy atom. The summed E-state index contributed by atoms with van der Waals surface area (Å²) in [5.41, 5.74) is 6.30. The molecule has 0 radical (unpaired) electrons. The van der Waals surface area contributed by atoms with Gasteiger partial charge >= 0.3 is 12.1 Å². The van der Waals surface area contributed by atoms with Crippen LogP contribution in [0.3, 0.4) is 0 Å². The Bertz CT molecular complexity index is 668. The van der Waals surface area contributed by atoms with Gasteiger partial charge in [-0.1, -0.05) is 35.5 Å². The predicted molar refractivity (Wildman–Crippen MR) is 103 cm³/mol. The van der Waals surface area contributed by atoms with Crippen molar-refractivity contribution < 1.29 is 19.2 Å². The van der Waals surface area contributed by atoms with Gasteiger partial charge in [-0.2, -0.15) is 0 Å². The molecule has 1 aliphatic carbocycles. The summed E-state index contributed by atoms with van der Waals surface area (Å²) < 4.78 is 5.21. The van der Waals surface area contributed by atoms with Crippen molar-refractivity contribution in [2.24, 2.45) is 22.7 Å². The predicted octanol–water partition coefficient (Wildman–Crippen LogP) is 2.99. The van der Waals surface area contributed by atoms with Crippen molar-refractivity contribution in [2.75, 3.05) is 6.54 Å². The maximum Gasteiger partial charge on any atom is 0.407 e. The second-order valence-electron chi connectivity index (χ2n) is 7.91. The first-order valence-corrected chi connectivity index (χ1v) is 9.27. The summed E-state index contributed by atoms with van der Waals surface area (Å²) >= 11 is 0. The van der Waals surface area contributed by atoms with Crippen molar-refractivity contribution in [3.8, 4) is 0 Å². The van der Waals surface area contributed by atoms with Crippen LogP contribution in [0.4, 0.5) is 4.79 Å². The van der Waals surface area contributed by atoms with Gasteiger partial charge in [0.1, 0.15) is 11.4 Å². The van der Waals surface area contributed by atoms with Crippen LogP contribution in [-0.2, 0) is 20.8 Å². The molecule has 7 heteroatoms. The third kappa shape index (κ3) is 7.68. The van der Waals surface area contributed by atoms with Gasteiger partial charge in [0.25, 0.3) is 0 Å². The number of hydrogen-bond acceptors (Lipinski definition) is 5. The van der Waals surface area contributed by atoms with Gasteiger partial charge in [0.2, 0.25) is 0 Å². The first-order chi connectivity index (χ1) is 12.7. The fourth-order valence-electron chi connectivity index (χ4n) is 3.03. The van der Waals surface area contributed by atoms with E-state index in [2.05, 4.69) is 10.5 Å². The summed E-state index contributed by atoms with van der Waals surface area (Å²) in [7, 11) is 0. The topological polar surface area (TPSA) is 103 Å². The number of amidine groups is 1. The van der Waals surface area contributed by atoms with Crippen LogP contribution in [0.25, 0.3) is 0 Å². The van der Waals surface area contributed by atoms with Crippen molar-refractivity contribution in [1.82, 2.24) is 5.32 Å². The van der Waals surface area contributed by atoms with Crippen LogP contribution in [0, 0.1) is 11.8 Å². The average molecular weight is 375 g/mol. The molecule has 0 heterocycles. The molecular formula is C20H29N3O4. The number of carbonyl (C=O) groups excluding carboxylic acids is 2. The van der Waals surface area contributed by atoms with E-state index in [1.165, 1.54) is 0 Å². The minimum absolute atomic E-state index is 0.219. The number of rotatable bonds is 6. The number of ether oxygens (including phenoxy) is 1. The standard InChI is InChI=1S/C20H29N3O4/c1-20(2,3)26-19(25)22-13-15-9-10-16(11-15)18(24)27-23-17(21)12-14-7-5-4-6-8-14/h4-8,15-16H,9-13H2,1-3H3,(H2,21,23)(H,22,25)/t15-,16-/m0/s1. The van der Waals surface area contributed by atoms with Crippen LogP contribution >= 0.6 is 0 Å². The van der Waals surface area contributed by atoms with Gasteiger partial charge in [-0.25, -0.2) is 9.59 Å². The first kappa shape index (κ1) is 20.7. The second-order valence-corrected chi connectivity index (χ2v) is 7.91. The highest BCUT2D eigenvalue weighted by Crippen LogP contribution is 2.31. The average Bonchev–Trinajstić information content (AvgIpc) is 3.06. The summed E-state index contributed by atoms with van der Waals surface area (Å²) in [6.07, 6.45) is 2.21. The quantitative estimate of drug-likeness (QED) is 0.344. The van der Waals surface area contributed by atoms with Crippen LogP contribution in [0.1, 0.15) is 45.6 Å². The van der Waals surface area contributed by atoms with Crippen LogP contribution in [0.15, 0.2) is 35.5 Å². The molecule has 0 spiro atoms. The lowest BCUT2D eigenvalue weighted by Crippen LogP contribution is -2.35. The Kier molecular flexibility index (Phi) is 7.21. The maximum atomic E-state index is 12.2. The third-order valence-electron chi connectivity index (χ3n) is 4.29. The highest BCUT2D eigenvalue weighted by molar-refractivity contribution is 5.83. The summed E-state index contributed by atoms with van der Waals surface area (Å²) in [6.45, 7) is 5.94. The van der Waals surface area contributed by atoms with Gasteiger partial charge in [0.05, 0.1) is 5.92 Å². The highest BCUT2D eigenvalue weighted by atomic mass is 16.7. The van der Waals surface area contributed by atoms with E-state index in [1.807, 2.05) is 51.1 Å². The van der Waals surface area contributed by atoms with E-state index in [9.17, 15) is 9.59 Å². The molecule has 2 rings (SSSR count). The number of oxime groups is 1. The van der Waals surface area contributed by atoms with Crippen molar-refractivity contribution in [3.05, 3.63) is 35.9 Å². The SMILES string of the molecule is CC(C)(C)OC(=O)NC[C@H]1CC[C@H](C(=O)O/N=C(\N)Cc2ccccc2)C1. The molecule has 1 amide bonds. The molecule has 1 aliphatic rings. The molecule has 27 heavy (non-hydrogen) atoms. The Morgan fingerprint density at radius 3 is 2.59 bits per heavy atom. The van der Waals surface area contributed by atoms with Crippen LogP contribution < -0.4 is 11.1 Å². The van der Waals surface area contributed by atoms with E-state index in [1.54, 1.807) is 0 Å². The third-order valence-corrected chi connectivity index (χ3v) is 4.29. The Labute approximate surface area is 160 Å². The van der Waals surface area contributed by atoms with Crippen LogP contribution in [0.5, 0.6) is 0 Å². The Hall–Kier alpha value is -2.57. The molecular weight excluding hydrogens is 346 g/mol. The molecule has 1 saturated carbocycles. The number of hydrogen-bond donors (Lipinski definition) is 2. The zero-order chi connectivity index (χ0) is 19.9. The smallest absolute Gasteiger partial charge is 0.407 e. The largest absolute Gasteiger partial charge is 0.444 e. The molecule has 148 valence electrons. The minimum Gasteiger partial charge on any atom is -0.444 e. The molecule has 0 aliphatic heterocycles. The van der Waals surface area contributed by atoms with Crippen molar-refractivity contribution in [2.45, 2.75) is 52.1 Å². The number of amides is 1. The maximum absolute atomic E-state index is 12.2. The number of benzene rings is 1. The number of nitrogens with zero attached hydrogens (tertiary/aromatic N) is 1. The van der Waals surface area contributed by atoms with Crippen molar-refractivity contribution >= 4 is 17.9 Å². The zero-order valence-corrected chi connectivity index (χ0v) is 16.2. The molecule has 0 saturated heterocycles. The Morgan fingerprint density at radius 2 is 1.93 bits per heavy atom. The number of alkyl carbamates (subject to hydrolysis) is 1. The van der Waals surface area contributed by atoms with E-state index in [0.717, 1.165) is 12.0 Å². The van der Waals surface area contributed by atoms with E-state index in [4.69, 9.17) is 15.3 Å². The zero-order valence-electron chi connectivity index (χ0n) is 16.2. The fraction of sp³-hybridized carbons (Fsp3) is 0.550. The number of nitrogens with one attached hydrogen (secondary N) is 1. The van der Waals surface area contributed by atoms with E-state index >= 15 is 0 Å². The molecule has 2 atom stereocenters. The van der Waals surface area contributed by atoms with Gasteiger partial charge in [-0.15, -0.1) is 0 Å². The fourth-order valence-corrected chi connectivity index (χ4v) is 3.03. The lowest BCUT2D eigenvalue weighted by Gasteiger charge is -2.20.